The molecule has 0 saturated heterocycles. The second-order valence-corrected chi connectivity index (χ2v) is 21.5. The van der Waals surface area contributed by atoms with E-state index in [0.29, 0.717) is 16.8 Å². The monoisotopic (exact) mass is 743 g/mol. The molecule has 5 aromatic carbocycles. The van der Waals surface area contributed by atoms with Crippen molar-refractivity contribution in [1.29, 1.82) is 0 Å². The molecule has 1 heteroatoms. The lowest BCUT2D eigenvalue weighted by molar-refractivity contribution is 0.568. The largest absolute Gasteiger partial charge is 0.355 e. The molecule has 1 nitrogen and oxygen atoms in total. The Morgan fingerprint density at radius 1 is 0.364 bits per heavy atom. The molecule has 0 heterocycles. The zero-order chi connectivity index (χ0) is 48.9. The van der Waals surface area contributed by atoms with Crippen molar-refractivity contribution in [3.63, 3.8) is 0 Å². The lowest BCUT2D eigenvalue weighted by Crippen LogP contribution is -2.18. The van der Waals surface area contributed by atoms with Crippen LogP contribution in [0.15, 0.2) is 96.8 Å². The molecule has 292 valence electrons. The highest BCUT2D eigenvalue weighted by molar-refractivity contribution is 5.95. The first-order valence-corrected chi connectivity index (χ1v) is 19.8. The number of hydrogen-bond donors (Lipinski definition) is 1. The molecule has 0 bridgehead atoms. The number of benzene rings is 5. The second-order valence-electron chi connectivity index (χ2n) is 21.5. The Morgan fingerprint density at radius 2 is 0.818 bits per heavy atom. The van der Waals surface area contributed by atoms with Crippen molar-refractivity contribution in [3.05, 3.63) is 130 Å². The molecule has 0 aliphatic heterocycles. The Kier molecular flexibility index (Phi) is 8.15. The first-order valence-electron chi connectivity index (χ1n) is 24.3. The number of rotatable bonds is 5. The van der Waals surface area contributed by atoms with E-state index < -0.39 is 21.7 Å². The van der Waals surface area contributed by atoms with Crippen LogP contribution in [-0.4, -0.2) is 0 Å². The van der Waals surface area contributed by atoms with E-state index in [2.05, 4.69) is 65.1 Å². The minimum Gasteiger partial charge on any atom is -0.355 e. The quantitative estimate of drug-likeness (QED) is 0.189. The van der Waals surface area contributed by atoms with Crippen molar-refractivity contribution in [3.8, 4) is 33.4 Å². The number of anilines is 2. The standard InChI is InChI=1S/C54H71N/c1-49(2,3)38-23-19-36(20-24-38)45-32-42(53(13,14)15)33-46(44-28-25-39(50(4,5)6)34-47(44)54(16,17)18)48(45)55-43-26-21-35(22-27-43)37-29-40(51(7,8)9)31-41(30-37)52(10,11)12/h19-34,55H,1-18H3/i19D,20D,23D,24D,25D,28D,32D,33D,34D. The van der Waals surface area contributed by atoms with E-state index in [0.717, 1.165) is 11.1 Å². The van der Waals surface area contributed by atoms with Gasteiger partial charge in [-0.25, -0.2) is 0 Å². The Hall–Kier alpha value is -4.10. The van der Waals surface area contributed by atoms with E-state index in [1.165, 1.54) is 11.1 Å². The Balaban J connectivity index is 2.03. The summed E-state index contributed by atoms with van der Waals surface area (Å²) in [5.41, 5.74) is 3.71. The third-order valence-corrected chi connectivity index (χ3v) is 10.1. The van der Waals surface area contributed by atoms with Gasteiger partial charge in [-0.15, -0.1) is 0 Å². The fraction of sp³-hybridized carbons (Fsp3) is 0.444. The lowest BCUT2D eigenvalue weighted by atomic mass is 9.75. The van der Waals surface area contributed by atoms with Gasteiger partial charge in [0.25, 0.3) is 0 Å². The maximum atomic E-state index is 10.1. The molecule has 1 N–H and O–H groups in total. The number of nitrogens with one attached hydrogen (secondary N) is 1. The van der Waals surface area contributed by atoms with Crippen LogP contribution in [0.2, 0.25) is 0 Å². The average molecular weight is 743 g/mol. The van der Waals surface area contributed by atoms with Gasteiger partial charge in [0.05, 0.1) is 18.0 Å². The molecule has 0 saturated carbocycles. The van der Waals surface area contributed by atoms with E-state index in [1.807, 2.05) is 107 Å². The summed E-state index contributed by atoms with van der Waals surface area (Å²) < 4.78 is 86.9. The first-order chi connectivity index (χ1) is 28.8. The highest BCUT2D eigenvalue weighted by Crippen LogP contribution is 2.47. The van der Waals surface area contributed by atoms with E-state index in [4.69, 9.17) is 0 Å². The second kappa shape index (κ2) is 14.4. The van der Waals surface area contributed by atoms with Gasteiger partial charge in [0, 0.05) is 16.8 Å². The maximum Gasteiger partial charge on any atom is 0.0633 e. The van der Waals surface area contributed by atoms with Gasteiger partial charge < -0.3 is 5.32 Å². The van der Waals surface area contributed by atoms with Crippen molar-refractivity contribution >= 4 is 11.4 Å². The Bertz CT molecular complexity index is 2590. The van der Waals surface area contributed by atoms with Crippen LogP contribution in [0.5, 0.6) is 0 Å². The predicted octanol–water partition coefficient (Wildman–Crippen LogP) is 16.2. The molecule has 0 atom stereocenters. The van der Waals surface area contributed by atoms with Crippen LogP contribution in [0.25, 0.3) is 33.4 Å². The third-order valence-electron chi connectivity index (χ3n) is 10.1. The van der Waals surface area contributed by atoms with Crippen molar-refractivity contribution in [2.45, 2.75) is 157 Å². The summed E-state index contributed by atoms with van der Waals surface area (Å²) in [5.74, 6) is 0. The first kappa shape index (κ1) is 31.0. The fourth-order valence-electron chi connectivity index (χ4n) is 6.30. The summed E-state index contributed by atoms with van der Waals surface area (Å²) in [7, 11) is 0. The summed E-state index contributed by atoms with van der Waals surface area (Å²) in [6, 6.07) is 13.1. The van der Waals surface area contributed by atoms with Gasteiger partial charge in [0.15, 0.2) is 0 Å². The summed E-state index contributed by atoms with van der Waals surface area (Å²) in [6.45, 7) is 36.1. The molecule has 0 radical (unpaired) electrons. The molecule has 0 aliphatic carbocycles. The Morgan fingerprint density at radius 3 is 1.27 bits per heavy atom. The maximum absolute atomic E-state index is 10.1. The zero-order valence-corrected chi connectivity index (χ0v) is 37.0. The van der Waals surface area contributed by atoms with E-state index in [-0.39, 0.29) is 104 Å². The summed E-state index contributed by atoms with van der Waals surface area (Å²) in [6.07, 6.45) is 0. The van der Waals surface area contributed by atoms with E-state index >= 15 is 0 Å². The van der Waals surface area contributed by atoms with Crippen LogP contribution >= 0.6 is 0 Å². The normalized spacial score (nSPS) is 15.6. The minimum absolute atomic E-state index is 0.0578. The average Bonchev–Trinajstić information content (AvgIpc) is 3.11. The molecule has 0 amide bonds. The smallest absolute Gasteiger partial charge is 0.0633 e. The molecule has 5 rings (SSSR count). The van der Waals surface area contributed by atoms with Gasteiger partial charge in [-0.3, -0.25) is 0 Å². The van der Waals surface area contributed by atoms with Crippen LogP contribution in [0.1, 0.15) is 170 Å². The van der Waals surface area contributed by atoms with Gasteiger partial charge >= 0.3 is 0 Å². The summed E-state index contributed by atoms with van der Waals surface area (Å²) >= 11 is 0. The molecule has 5 aromatic rings. The summed E-state index contributed by atoms with van der Waals surface area (Å²) in [4.78, 5) is 0. The predicted molar refractivity (Wildman–Crippen MR) is 245 cm³/mol. The lowest BCUT2D eigenvalue weighted by Gasteiger charge is -2.30. The minimum atomic E-state index is -0.850. The van der Waals surface area contributed by atoms with Gasteiger partial charge in [0.2, 0.25) is 0 Å². The molecular formula is C54H71N. The van der Waals surface area contributed by atoms with Crippen molar-refractivity contribution < 1.29 is 12.3 Å². The number of hydrogen-bond acceptors (Lipinski definition) is 1. The van der Waals surface area contributed by atoms with Crippen LogP contribution in [0, 0.1) is 0 Å². The molecular weight excluding hydrogens is 663 g/mol. The molecule has 0 spiro atoms. The third kappa shape index (κ3) is 9.65. The van der Waals surface area contributed by atoms with Crippen molar-refractivity contribution in [2.75, 3.05) is 5.32 Å². The SMILES string of the molecule is [2H]c1c([2H])c(C(C)(C)C)c([2H])c([2H])c1-c1c([2H])c(C(C)(C)C)c([2H])c(-c2c([2H])c([2H])c(C(C)(C)C)c([2H])c2C(C)(C)C)c1Nc1ccc(-c2cc(C(C)(C)C)cc(C(C)(C)C)c2)cc1. The highest BCUT2D eigenvalue weighted by atomic mass is 14.9. The molecule has 55 heavy (non-hydrogen) atoms. The zero-order valence-electron chi connectivity index (χ0n) is 46.0. The topological polar surface area (TPSA) is 12.0 Å². The van der Waals surface area contributed by atoms with Crippen LogP contribution in [-0.2, 0) is 32.5 Å². The van der Waals surface area contributed by atoms with Crippen molar-refractivity contribution in [1.82, 2.24) is 0 Å². The fourth-order valence-corrected chi connectivity index (χ4v) is 6.30. The van der Waals surface area contributed by atoms with E-state index in [1.54, 1.807) is 0 Å². The highest BCUT2D eigenvalue weighted by Gasteiger charge is 2.28. The van der Waals surface area contributed by atoms with Gasteiger partial charge in [-0.1, -0.05) is 197 Å². The molecule has 0 aromatic heterocycles. The molecule has 0 aliphatic rings. The van der Waals surface area contributed by atoms with Gasteiger partial charge in [-0.05, 0) is 112 Å². The van der Waals surface area contributed by atoms with Crippen LogP contribution < -0.4 is 5.32 Å². The molecule has 0 unspecified atom stereocenters. The van der Waals surface area contributed by atoms with Gasteiger partial charge in [-0.2, -0.15) is 0 Å². The molecule has 0 fully saturated rings. The van der Waals surface area contributed by atoms with Crippen LogP contribution in [0.3, 0.4) is 0 Å². The summed E-state index contributed by atoms with van der Waals surface area (Å²) in [5, 5.41) is 3.54. The van der Waals surface area contributed by atoms with E-state index in [9.17, 15) is 12.3 Å². The van der Waals surface area contributed by atoms with Crippen LogP contribution in [0.4, 0.5) is 11.4 Å². The van der Waals surface area contributed by atoms with Gasteiger partial charge in [0.1, 0.15) is 0 Å². The Labute approximate surface area is 349 Å². The van der Waals surface area contributed by atoms with Crippen molar-refractivity contribution in [2.24, 2.45) is 0 Å².